The Bertz CT molecular complexity index is 2330. The fraction of sp³-hybridized carbons (Fsp3) is 0.836. The van der Waals surface area contributed by atoms with Gasteiger partial charge in [0, 0.05) is 92.0 Å². The molecule has 0 heterocycles. The van der Waals surface area contributed by atoms with E-state index in [0.717, 1.165) is 132 Å². The van der Waals surface area contributed by atoms with Crippen molar-refractivity contribution < 1.29 is 117 Å². The van der Waals surface area contributed by atoms with E-state index < -0.39 is 35.8 Å². The van der Waals surface area contributed by atoms with Crippen molar-refractivity contribution >= 4 is 331 Å². The standard InChI is InChI=1S/2C14H26O4S4.2C12H22O4S4.C11H20O4S4.C10H18O4S4/c1-11(13(15)17-3)21-19-9-7-5-6-8-10-20-22-12(2)14(16)18-4;1-17-13(15)7-11-21-19-9-5-3-4-6-10-20-22-12-8-14(16)18-2;1-15-11(13)9-19-17-7-5-3-4-6-8-18-20-10-12(14)16-2;13-11(14)5-9-19-17-7-3-1-2-4-8-18-20-10-6-12(15)16;1-9(11(14)15)19-17-7-5-3-2-4-6-16-18-8-10(12)13;11-9(12)7-17-15-5-3-1-2-4-6-16-18-8-10(13)14/h11-12H,5-10H2,1-4H3;3-12H2,1-2H3;3-10H2,1-2H3;1-10H2,(H,13,14)(H,15,16);9H,2-8H2,1H3,(H,12,13)(H,14,15);1-8H2,(H,11,12)(H,13,14). The van der Waals surface area contributed by atoms with E-state index in [0.29, 0.717) is 35.9 Å². The Balaban J connectivity index is -0.000000328. The van der Waals surface area contributed by atoms with E-state index in [2.05, 4.69) is 28.4 Å². The quantitative estimate of drug-likeness (QED) is 0.0143. The van der Waals surface area contributed by atoms with E-state index >= 15 is 0 Å². The van der Waals surface area contributed by atoms with Crippen molar-refractivity contribution in [1.29, 1.82) is 0 Å². The van der Waals surface area contributed by atoms with Crippen LogP contribution in [0.5, 0.6) is 0 Å². The van der Waals surface area contributed by atoms with Crippen LogP contribution in [0.1, 0.15) is 201 Å². The van der Waals surface area contributed by atoms with E-state index in [4.69, 9.17) is 30.6 Å². The zero-order valence-electron chi connectivity index (χ0n) is 71.2. The smallest absolute Gasteiger partial charge is 0.319 e. The SMILES string of the molecule is CC(SSCCCCCCSSCC(=O)O)C(=O)O.COC(=O)C(C)SSCCCCCCSSC(C)C(=O)OC.COC(=O)CCSSCCCCCCSSCCC(=O)OC.COC(=O)CSSCCCCCCSSCC(=O)OC.O=C(O)CCSSCCCCCCSSCCC(=O)O.O=C(O)CSSCCCCCCSSCC(=O)O. The molecule has 3 unspecified atom stereocenters. The molecule has 3 atom stereocenters. The molecule has 0 bridgehead atoms. The summed E-state index contributed by atoms with van der Waals surface area (Å²) in [7, 11) is 47.8. The maximum atomic E-state index is 11.2. The van der Waals surface area contributed by atoms with Gasteiger partial charge in [0.1, 0.15) is 44.5 Å². The molecule has 0 aliphatic heterocycles. The van der Waals surface area contributed by atoms with Gasteiger partial charge in [-0.05, 0) is 97.8 Å². The Morgan fingerprint density at radius 1 is 0.198 bits per heavy atom. The van der Waals surface area contributed by atoms with E-state index in [-0.39, 0.29) is 81.7 Å². The molecule has 0 fully saturated rings. The number of hydrogen-bond donors (Lipinski definition) is 6. The van der Waals surface area contributed by atoms with Crippen LogP contribution in [-0.4, -0.2) is 281 Å². The Labute approximate surface area is 817 Å². The Morgan fingerprint density at radius 2 is 0.380 bits per heavy atom. The number of carbonyl (C=O) groups is 12. The second-order valence-electron chi connectivity index (χ2n) is 23.8. The van der Waals surface area contributed by atoms with Crippen LogP contribution in [0, 0.1) is 0 Å². The number of carbonyl (C=O) groups excluding carboxylic acids is 6. The van der Waals surface area contributed by atoms with Crippen LogP contribution in [0.4, 0.5) is 0 Å². The number of esters is 6. The van der Waals surface area contributed by atoms with Crippen molar-refractivity contribution in [2.75, 3.05) is 163 Å². The second kappa shape index (κ2) is 113. The molecule has 24 nitrogen and oxygen atoms in total. The van der Waals surface area contributed by atoms with Crippen molar-refractivity contribution in [1.82, 2.24) is 0 Å². The molecule has 48 heteroatoms. The number of carboxylic acid groups (broad SMARTS) is 6. The number of unbranched alkanes of at least 4 members (excludes halogenated alkanes) is 18. The summed E-state index contributed by atoms with van der Waals surface area (Å²) in [4.78, 5) is 128. The zero-order valence-corrected chi connectivity index (χ0v) is 90.8. The minimum Gasteiger partial charge on any atom is -0.481 e. The first-order valence-corrected chi connectivity index (χ1v) is 68.6. The minimum atomic E-state index is -0.761. The first-order valence-electron chi connectivity index (χ1n) is 39.0. The molecule has 0 saturated heterocycles. The molecule has 0 aliphatic carbocycles. The largest absolute Gasteiger partial charge is 0.481 e. The third-order valence-corrected chi connectivity index (χ3v) is 43.6. The summed E-state index contributed by atoms with van der Waals surface area (Å²) in [5.74, 6) is 11.7. The van der Waals surface area contributed by atoms with Gasteiger partial charge in [0.05, 0.1) is 68.3 Å². The molecule has 0 radical (unpaired) electrons. The maximum absolute atomic E-state index is 11.2. The monoisotopic (exact) mass is 2160 g/mol. The van der Waals surface area contributed by atoms with Gasteiger partial charge >= 0.3 is 71.6 Å². The van der Waals surface area contributed by atoms with Gasteiger partial charge in [0.15, 0.2) is 0 Å². The average molecular weight is 2170 g/mol. The Hall–Kier alpha value is 2.04. The Kier molecular flexibility index (Phi) is 124. The van der Waals surface area contributed by atoms with Gasteiger partial charge in [0.2, 0.25) is 0 Å². The van der Waals surface area contributed by atoms with E-state index in [9.17, 15) is 57.5 Å². The van der Waals surface area contributed by atoms with Crippen LogP contribution in [0.3, 0.4) is 0 Å². The fourth-order valence-electron chi connectivity index (χ4n) is 7.01. The first-order chi connectivity index (χ1) is 58.2. The van der Waals surface area contributed by atoms with Gasteiger partial charge in [-0.25, -0.2) is 0 Å². The number of hydrogen-bond acceptors (Lipinski definition) is 42. The number of methoxy groups -OCH3 is 6. The molecule has 0 rings (SSSR count). The fourth-order valence-corrected chi connectivity index (χ4v) is 31.9. The third-order valence-electron chi connectivity index (χ3n) is 13.4. The highest BCUT2D eigenvalue weighted by molar-refractivity contribution is 8.80. The summed E-state index contributed by atoms with van der Waals surface area (Å²) in [6, 6.07) is 0. The van der Waals surface area contributed by atoms with Crippen LogP contribution in [0.2, 0.25) is 0 Å². The lowest BCUT2D eigenvalue weighted by Crippen LogP contribution is -2.13. The summed E-state index contributed by atoms with van der Waals surface area (Å²) < 4.78 is 27.6. The summed E-state index contributed by atoms with van der Waals surface area (Å²) in [5.41, 5.74) is 0. The summed E-state index contributed by atoms with van der Waals surface area (Å²) in [6.07, 6.45) is 29.9. The van der Waals surface area contributed by atoms with Crippen LogP contribution in [0.15, 0.2) is 0 Å². The highest BCUT2D eigenvalue weighted by Gasteiger charge is 2.16. The number of ether oxygens (including phenoxy) is 6. The molecule has 6 N–H and O–H groups in total. The average Bonchev–Trinajstić information content (AvgIpc) is 0.997. The lowest BCUT2D eigenvalue weighted by molar-refractivity contribution is -0.140. The van der Waals surface area contributed by atoms with Crippen molar-refractivity contribution in [2.45, 2.75) is 216 Å². The van der Waals surface area contributed by atoms with E-state index in [1.54, 1.807) is 201 Å². The third kappa shape index (κ3) is 128. The van der Waals surface area contributed by atoms with Gasteiger partial charge in [-0.3, -0.25) is 57.5 Å². The second-order valence-corrected chi connectivity index (χ2v) is 56.0. The van der Waals surface area contributed by atoms with Gasteiger partial charge < -0.3 is 59.1 Å². The van der Waals surface area contributed by atoms with Gasteiger partial charge in [-0.1, -0.05) is 336 Å². The molecular weight excluding hydrogens is 2030 g/mol. The molecule has 0 aromatic heterocycles. The summed E-state index contributed by atoms with van der Waals surface area (Å²) in [5, 5.41) is 50.3. The highest BCUT2D eigenvalue weighted by Crippen LogP contribution is 2.34. The minimum absolute atomic E-state index is 0.0970. The summed E-state index contributed by atoms with van der Waals surface area (Å²) in [6.45, 7) is 5.44. The molecule has 0 amide bonds. The van der Waals surface area contributed by atoms with Crippen molar-refractivity contribution in [2.24, 2.45) is 0 Å². The molecule has 714 valence electrons. The molecule has 0 aromatic rings. The normalized spacial score (nSPS) is 11.3. The molecule has 0 spiro atoms. The zero-order chi connectivity index (χ0) is 91.5. The number of carboxylic acids is 6. The molecule has 0 aromatic carbocycles. The Morgan fingerprint density at radius 3 is 0.570 bits per heavy atom. The van der Waals surface area contributed by atoms with Crippen molar-refractivity contribution in [3.63, 3.8) is 0 Å². The van der Waals surface area contributed by atoms with Crippen LogP contribution < -0.4 is 0 Å². The number of aliphatic carboxylic acids is 6. The maximum Gasteiger partial charge on any atom is 0.319 e. The van der Waals surface area contributed by atoms with Crippen LogP contribution in [-0.2, 0) is 86.0 Å². The van der Waals surface area contributed by atoms with E-state index in [1.165, 1.54) is 189 Å². The summed E-state index contributed by atoms with van der Waals surface area (Å²) >= 11 is 0. The van der Waals surface area contributed by atoms with E-state index in [1.807, 2.05) is 35.4 Å². The first kappa shape index (κ1) is 134. The lowest BCUT2D eigenvalue weighted by atomic mass is 10.2. The van der Waals surface area contributed by atoms with Crippen molar-refractivity contribution in [3.05, 3.63) is 0 Å². The van der Waals surface area contributed by atoms with Crippen LogP contribution >= 0.6 is 259 Å². The predicted octanol–water partition coefficient (Wildman–Crippen LogP) is 24.1. The number of rotatable bonds is 82. The van der Waals surface area contributed by atoms with Crippen molar-refractivity contribution in [3.8, 4) is 0 Å². The lowest BCUT2D eigenvalue weighted by Gasteiger charge is -2.08. The van der Waals surface area contributed by atoms with Gasteiger partial charge in [0.25, 0.3) is 0 Å². The highest BCUT2D eigenvalue weighted by atomic mass is 33.1. The topological polar surface area (TPSA) is 382 Å². The van der Waals surface area contributed by atoms with Gasteiger partial charge in [-0.2, -0.15) is 0 Å². The molecular formula is C73H134O24S24. The molecule has 121 heavy (non-hydrogen) atoms. The van der Waals surface area contributed by atoms with Gasteiger partial charge in [-0.15, -0.1) is 0 Å². The molecule has 0 saturated carbocycles. The molecule has 0 aliphatic rings. The predicted molar refractivity (Wildman–Crippen MR) is 560 cm³/mol. The van der Waals surface area contributed by atoms with Crippen LogP contribution in [0.25, 0.3) is 0 Å².